The molecule has 0 radical (unpaired) electrons. The van der Waals surface area contributed by atoms with Gasteiger partial charge in [-0.05, 0) is 6.92 Å². The minimum atomic E-state index is -0.767. The molecule has 0 aromatic rings. The third kappa shape index (κ3) is 3.51. The van der Waals surface area contributed by atoms with E-state index in [1.165, 1.54) is 0 Å². The van der Waals surface area contributed by atoms with Crippen molar-refractivity contribution in [3.63, 3.8) is 0 Å². The lowest BCUT2D eigenvalue weighted by Gasteiger charge is -2.37. The number of carboxylic acid groups (broad SMARTS) is 1. The van der Waals surface area contributed by atoms with Gasteiger partial charge in [-0.3, -0.25) is 14.5 Å². The summed E-state index contributed by atoms with van der Waals surface area (Å²) in [7, 11) is 0. The van der Waals surface area contributed by atoms with E-state index in [0.29, 0.717) is 13.1 Å². The normalized spacial score (nSPS) is 20.0. The minimum absolute atomic E-state index is 0.0524. The van der Waals surface area contributed by atoms with Gasteiger partial charge in [0, 0.05) is 39.1 Å². The maximum absolute atomic E-state index is 11.1. The van der Waals surface area contributed by atoms with Gasteiger partial charge >= 0.3 is 5.97 Å². The Morgan fingerprint density at radius 1 is 1.27 bits per heavy atom. The van der Waals surface area contributed by atoms with Crippen molar-refractivity contribution in [3.05, 3.63) is 0 Å². The number of hydrogen-bond acceptors (Lipinski definition) is 3. The summed E-state index contributed by atoms with van der Waals surface area (Å²) >= 11 is 0. The second-order valence-corrected chi connectivity index (χ2v) is 3.99. The van der Waals surface area contributed by atoms with Crippen LogP contribution in [0.5, 0.6) is 0 Å². The Hall–Kier alpha value is -1.10. The second-order valence-electron chi connectivity index (χ2n) is 3.99. The Balaban J connectivity index is 2.36. The van der Waals surface area contributed by atoms with Crippen LogP contribution < -0.4 is 0 Å². The van der Waals surface area contributed by atoms with Gasteiger partial charge in [-0.1, -0.05) is 0 Å². The maximum Gasteiger partial charge on any atom is 0.304 e. The Morgan fingerprint density at radius 2 is 1.80 bits per heavy atom. The number of nitrogens with zero attached hydrogens (tertiary/aromatic N) is 2. The highest BCUT2D eigenvalue weighted by atomic mass is 16.4. The van der Waals surface area contributed by atoms with Crippen LogP contribution in [0.3, 0.4) is 0 Å². The molecule has 1 atom stereocenters. The smallest absolute Gasteiger partial charge is 0.304 e. The van der Waals surface area contributed by atoms with Gasteiger partial charge in [0.25, 0.3) is 0 Å². The SMILES string of the molecule is CC(=O)N1CCN(C(C)CC(=O)O)CC1. The van der Waals surface area contributed by atoms with E-state index >= 15 is 0 Å². The fourth-order valence-electron chi connectivity index (χ4n) is 1.86. The molecule has 1 rings (SSSR count). The molecule has 0 aromatic carbocycles. The van der Waals surface area contributed by atoms with Crippen LogP contribution in [-0.2, 0) is 9.59 Å². The van der Waals surface area contributed by atoms with E-state index in [0.717, 1.165) is 13.1 Å². The van der Waals surface area contributed by atoms with Crippen LogP contribution in [0.1, 0.15) is 20.3 Å². The third-order valence-electron chi connectivity index (χ3n) is 2.85. The Labute approximate surface area is 89.7 Å². The van der Waals surface area contributed by atoms with E-state index < -0.39 is 5.97 Å². The predicted octanol–water partition coefficient (Wildman–Crippen LogP) is 0.0137. The Bertz CT molecular complexity index is 247. The van der Waals surface area contributed by atoms with Crippen LogP contribution in [-0.4, -0.2) is 59.0 Å². The lowest BCUT2D eigenvalue weighted by atomic mass is 10.1. The summed E-state index contributed by atoms with van der Waals surface area (Å²) in [5.74, 6) is -0.669. The molecule has 5 heteroatoms. The summed E-state index contributed by atoms with van der Waals surface area (Å²) in [6, 6.07) is 0.0524. The van der Waals surface area contributed by atoms with E-state index in [9.17, 15) is 9.59 Å². The molecule has 0 aliphatic carbocycles. The van der Waals surface area contributed by atoms with Gasteiger partial charge in [-0.25, -0.2) is 0 Å². The molecular formula is C10H18N2O3. The molecule has 1 amide bonds. The van der Waals surface area contributed by atoms with E-state index in [1.807, 2.05) is 6.92 Å². The van der Waals surface area contributed by atoms with Gasteiger partial charge in [0.1, 0.15) is 0 Å². The average Bonchev–Trinajstić information content (AvgIpc) is 2.17. The number of carbonyl (C=O) groups is 2. The maximum atomic E-state index is 11.1. The molecule has 0 bridgehead atoms. The van der Waals surface area contributed by atoms with Crippen LogP contribution in [0.2, 0.25) is 0 Å². The zero-order valence-corrected chi connectivity index (χ0v) is 9.27. The lowest BCUT2D eigenvalue weighted by Crippen LogP contribution is -2.51. The quantitative estimate of drug-likeness (QED) is 0.719. The zero-order chi connectivity index (χ0) is 11.4. The average molecular weight is 214 g/mol. The fraction of sp³-hybridized carbons (Fsp3) is 0.800. The summed E-state index contributed by atoms with van der Waals surface area (Å²) in [4.78, 5) is 25.5. The highest BCUT2D eigenvalue weighted by Crippen LogP contribution is 2.09. The lowest BCUT2D eigenvalue weighted by molar-refractivity contribution is -0.139. The van der Waals surface area contributed by atoms with Crippen LogP contribution in [0, 0.1) is 0 Å². The summed E-state index contributed by atoms with van der Waals surface area (Å²) in [5.41, 5.74) is 0. The van der Waals surface area contributed by atoms with E-state index in [2.05, 4.69) is 4.90 Å². The van der Waals surface area contributed by atoms with E-state index in [4.69, 9.17) is 5.11 Å². The number of amides is 1. The molecule has 1 aliphatic heterocycles. The van der Waals surface area contributed by atoms with Gasteiger partial charge in [-0.15, -0.1) is 0 Å². The highest BCUT2D eigenvalue weighted by molar-refractivity contribution is 5.73. The summed E-state index contributed by atoms with van der Waals surface area (Å²) in [6.45, 7) is 6.44. The van der Waals surface area contributed by atoms with Gasteiger partial charge in [0.2, 0.25) is 5.91 Å². The largest absolute Gasteiger partial charge is 0.481 e. The molecule has 0 spiro atoms. The number of aliphatic carboxylic acids is 1. The number of carboxylic acids is 1. The number of rotatable bonds is 3. The molecule has 1 fully saturated rings. The molecule has 15 heavy (non-hydrogen) atoms. The molecule has 86 valence electrons. The molecule has 1 heterocycles. The highest BCUT2D eigenvalue weighted by Gasteiger charge is 2.23. The van der Waals surface area contributed by atoms with Crippen LogP contribution >= 0.6 is 0 Å². The van der Waals surface area contributed by atoms with Crippen molar-refractivity contribution in [2.75, 3.05) is 26.2 Å². The van der Waals surface area contributed by atoms with Gasteiger partial charge < -0.3 is 10.0 Å². The Kier molecular flexibility index (Phi) is 4.08. The minimum Gasteiger partial charge on any atom is -0.481 e. The van der Waals surface area contributed by atoms with Gasteiger partial charge in [0.05, 0.1) is 6.42 Å². The van der Waals surface area contributed by atoms with Crippen LogP contribution in [0.25, 0.3) is 0 Å². The second kappa shape index (κ2) is 5.11. The van der Waals surface area contributed by atoms with Gasteiger partial charge in [-0.2, -0.15) is 0 Å². The number of hydrogen-bond donors (Lipinski definition) is 1. The van der Waals surface area contributed by atoms with Crippen molar-refractivity contribution in [2.45, 2.75) is 26.3 Å². The van der Waals surface area contributed by atoms with Crippen molar-refractivity contribution in [2.24, 2.45) is 0 Å². The van der Waals surface area contributed by atoms with Crippen LogP contribution in [0.4, 0.5) is 0 Å². The van der Waals surface area contributed by atoms with E-state index in [-0.39, 0.29) is 18.4 Å². The first-order valence-corrected chi connectivity index (χ1v) is 5.22. The van der Waals surface area contributed by atoms with Gasteiger partial charge in [0.15, 0.2) is 0 Å². The fourth-order valence-corrected chi connectivity index (χ4v) is 1.86. The molecule has 1 unspecified atom stereocenters. The first kappa shape index (κ1) is 12.0. The van der Waals surface area contributed by atoms with Crippen molar-refractivity contribution in [1.29, 1.82) is 0 Å². The van der Waals surface area contributed by atoms with Crippen molar-refractivity contribution in [3.8, 4) is 0 Å². The third-order valence-corrected chi connectivity index (χ3v) is 2.85. The number of carbonyl (C=O) groups excluding carboxylic acids is 1. The number of piperazine rings is 1. The first-order chi connectivity index (χ1) is 7.00. The van der Waals surface area contributed by atoms with Crippen molar-refractivity contribution < 1.29 is 14.7 Å². The standard InChI is InChI=1S/C10H18N2O3/c1-8(7-10(14)15)11-3-5-12(6-4-11)9(2)13/h8H,3-7H2,1-2H3,(H,14,15). The molecule has 0 aromatic heterocycles. The Morgan fingerprint density at radius 3 is 2.20 bits per heavy atom. The first-order valence-electron chi connectivity index (χ1n) is 5.22. The predicted molar refractivity (Wildman–Crippen MR) is 55.5 cm³/mol. The molecule has 1 N–H and O–H groups in total. The summed E-state index contributed by atoms with van der Waals surface area (Å²) < 4.78 is 0. The zero-order valence-electron chi connectivity index (χ0n) is 9.27. The topological polar surface area (TPSA) is 60.9 Å². The van der Waals surface area contributed by atoms with Crippen molar-refractivity contribution in [1.82, 2.24) is 9.80 Å². The molecular weight excluding hydrogens is 196 g/mol. The molecule has 5 nitrogen and oxygen atoms in total. The summed E-state index contributed by atoms with van der Waals surface area (Å²) in [5, 5.41) is 8.66. The van der Waals surface area contributed by atoms with Crippen molar-refractivity contribution >= 4 is 11.9 Å². The van der Waals surface area contributed by atoms with E-state index in [1.54, 1.807) is 11.8 Å². The van der Waals surface area contributed by atoms with Crippen LogP contribution in [0.15, 0.2) is 0 Å². The molecule has 0 saturated carbocycles. The molecule has 1 aliphatic rings. The monoisotopic (exact) mass is 214 g/mol. The molecule has 1 saturated heterocycles. The summed E-state index contributed by atoms with van der Waals surface area (Å²) in [6.07, 6.45) is 0.167.